The number of rotatable bonds is 5. The lowest BCUT2D eigenvalue weighted by atomic mass is 10.1. The van der Waals surface area contributed by atoms with Crippen molar-refractivity contribution in [3.05, 3.63) is 12.2 Å². The van der Waals surface area contributed by atoms with E-state index in [1.54, 1.807) is 7.11 Å². The van der Waals surface area contributed by atoms with Crippen molar-refractivity contribution in [1.82, 2.24) is 0 Å². The van der Waals surface area contributed by atoms with E-state index >= 15 is 0 Å². The molecule has 0 bridgehead atoms. The van der Waals surface area contributed by atoms with Gasteiger partial charge in [-0.2, -0.15) is 0 Å². The van der Waals surface area contributed by atoms with Crippen LogP contribution in [-0.4, -0.2) is 13.7 Å². The lowest BCUT2D eigenvalue weighted by molar-refractivity contribution is 0.204. The lowest BCUT2D eigenvalue weighted by Crippen LogP contribution is -1.90. The minimum absolute atomic E-state index is 0.423. The summed E-state index contributed by atoms with van der Waals surface area (Å²) in [5.41, 5.74) is 0. The van der Waals surface area contributed by atoms with Crippen LogP contribution >= 0.6 is 0 Å². The third-order valence-corrected chi connectivity index (χ3v) is 1.63. The molecule has 0 aliphatic rings. The van der Waals surface area contributed by atoms with E-state index in [2.05, 4.69) is 30.9 Å². The molecule has 0 aromatic heterocycles. The molecule has 1 heteroatoms. The predicted octanol–water partition coefficient (Wildman–Crippen LogP) is 2.63. The molecule has 0 aromatic carbocycles. The molecule has 0 N–H and O–H groups in total. The Bertz CT molecular complexity index is 171. The number of hydrogen-bond acceptors (Lipinski definition) is 1. The minimum atomic E-state index is 0.423. The van der Waals surface area contributed by atoms with Crippen molar-refractivity contribution in [2.45, 2.75) is 26.7 Å². The summed E-state index contributed by atoms with van der Waals surface area (Å²) in [6.45, 7) is 4.83. The molecular formula is C11H18O. The van der Waals surface area contributed by atoms with Crippen molar-refractivity contribution in [3.8, 4) is 11.8 Å². The largest absolute Gasteiger partial charge is 0.384 e. The Morgan fingerprint density at radius 1 is 1.50 bits per heavy atom. The molecule has 0 aliphatic heterocycles. The number of ether oxygens (including phenoxy) is 1. The van der Waals surface area contributed by atoms with Gasteiger partial charge in [0.05, 0.1) is 0 Å². The highest BCUT2D eigenvalue weighted by Gasteiger charge is 1.93. The van der Waals surface area contributed by atoms with Crippen LogP contribution in [0.4, 0.5) is 0 Å². The van der Waals surface area contributed by atoms with Crippen LogP contribution in [0.1, 0.15) is 26.7 Å². The number of hydrogen-bond donors (Lipinski definition) is 0. The van der Waals surface area contributed by atoms with Crippen LogP contribution in [0.3, 0.4) is 0 Å². The van der Waals surface area contributed by atoms with Crippen molar-refractivity contribution in [2.24, 2.45) is 5.92 Å². The quantitative estimate of drug-likeness (QED) is 0.346. The van der Waals surface area contributed by atoms with Gasteiger partial charge >= 0.3 is 0 Å². The molecule has 1 atom stereocenters. The third-order valence-electron chi connectivity index (χ3n) is 1.63. The average Bonchev–Trinajstić information content (AvgIpc) is 2.10. The Kier molecular flexibility index (Phi) is 7.84. The maximum absolute atomic E-state index is 4.93. The molecule has 0 heterocycles. The van der Waals surface area contributed by atoms with Gasteiger partial charge in [-0.25, -0.2) is 0 Å². The highest BCUT2D eigenvalue weighted by Crippen LogP contribution is 2.02. The van der Waals surface area contributed by atoms with Crippen LogP contribution in [0.25, 0.3) is 0 Å². The van der Waals surface area contributed by atoms with E-state index in [0.717, 1.165) is 19.4 Å². The van der Waals surface area contributed by atoms with Gasteiger partial charge in [0.2, 0.25) is 0 Å². The summed E-state index contributed by atoms with van der Waals surface area (Å²) >= 11 is 0. The summed E-state index contributed by atoms with van der Waals surface area (Å²) in [4.78, 5) is 0. The summed E-state index contributed by atoms with van der Waals surface area (Å²) < 4.78 is 4.93. The van der Waals surface area contributed by atoms with Crippen LogP contribution in [-0.2, 0) is 4.74 Å². The van der Waals surface area contributed by atoms with Gasteiger partial charge in [0.1, 0.15) is 0 Å². The van der Waals surface area contributed by atoms with Gasteiger partial charge < -0.3 is 4.74 Å². The topological polar surface area (TPSA) is 9.23 Å². The second-order valence-electron chi connectivity index (χ2n) is 2.62. The second-order valence-corrected chi connectivity index (χ2v) is 2.62. The smallest absolute Gasteiger partial charge is 0.0496 e. The highest BCUT2D eigenvalue weighted by atomic mass is 16.5. The summed E-state index contributed by atoms with van der Waals surface area (Å²) in [5, 5.41) is 0. The van der Waals surface area contributed by atoms with Crippen LogP contribution in [0.5, 0.6) is 0 Å². The zero-order valence-corrected chi connectivity index (χ0v) is 8.26. The maximum Gasteiger partial charge on any atom is 0.0496 e. The molecule has 0 saturated heterocycles. The molecule has 12 heavy (non-hydrogen) atoms. The molecule has 0 rings (SSSR count). The first kappa shape index (κ1) is 11.3. The van der Waals surface area contributed by atoms with Crippen molar-refractivity contribution >= 4 is 0 Å². The summed E-state index contributed by atoms with van der Waals surface area (Å²) in [7, 11) is 1.72. The number of methoxy groups -OCH3 is 1. The Morgan fingerprint density at radius 3 is 2.75 bits per heavy atom. The van der Waals surface area contributed by atoms with E-state index in [9.17, 15) is 0 Å². The minimum Gasteiger partial charge on any atom is -0.384 e. The molecule has 0 saturated carbocycles. The Hall–Kier alpha value is -0.740. The zero-order chi connectivity index (χ0) is 9.23. The van der Waals surface area contributed by atoms with Gasteiger partial charge in [-0.1, -0.05) is 25.0 Å². The molecule has 0 aromatic rings. The zero-order valence-electron chi connectivity index (χ0n) is 8.26. The summed E-state index contributed by atoms with van der Waals surface area (Å²) in [6.07, 6.45) is 6.38. The SMILES string of the molecule is CC#CC(/C=C\CCOC)CC. The third kappa shape index (κ3) is 6.00. The molecule has 0 aliphatic carbocycles. The van der Waals surface area contributed by atoms with Gasteiger partial charge in [-0.05, 0) is 19.8 Å². The van der Waals surface area contributed by atoms with Crippen LogP contribution in [0.15, 0.2) is 12.2 Å². The van der Waals surface area contributed by atoms with Gasteiger partial charge in [-0.15, -0.1) is 5.92 Å². The highest BCUT2D eigenvalue weighted by molar-refractivity contribution is 5.08. The first-order chi connectivity index (χ1) is 5.85. The summed E-state index contributed by atoms with van der Waals surface area (Å²) in [5.74, 6) is 6.48. The molecule has 0 spiro atoms. The second kappa shape index (κ2) is 8.36. The average molecular weight is 166 g/mol. The summed E-state index contributed by atoms with van der Waals surface area (Å²) in [6, 6.07) is 0. The fraction of sp³-hybridized carbons (Fsp3) is 0.636. The van der Waals surface area contributed by atoms with Crippen molar-refractivity contribution in [1.29, 1.82) is 0 Å². The van der Waals surface area contributed by atoms with Crippen LogP contribution in [0.2, 0.25) is 0 Å². The first-order valence-electron chi connectivity index (χ1n) is 4.43. The lowest BCUT2D eigenvalue weighted by Gasteiger charge is -1.98. The molecule has 1 nitrogen and oxygen atoms in total. The Balaban J connectivity index is 3.66. The molecule has 0 fully saturated rings. The Morgan fingerprint density at radius 2 is 2.25 bits per heavy atom. The maximum atomic E-state index is 4.93. The molecule has 68 valence electrons. The Labute approximate surface area is 75.8 Å². The van der Waals surface area contributed by atoms with E-state index in [-0.39, 0.29) is 0 Å². The predicted molar refractivity (Wildman–Crippen MR) is 52.9 cm³/mol. The van der Waals surface area contributed by atoms with Gasteiger partial charge in [0.25, 0.3) is 0 Å². The molecule has 0 amide bonds. The fourth-order valence-corrected chi connectivity index (χ4v) is 0.918. The fourth-order valence-electron chi connectivity index (χ4n) is 0.918. The normalized spacial score (nSPS) is 12.6. The van der Waals surface area contributed by atoms with Crippen LogP contribution < -0.4 is 0 Å². The van der Waals surface area contributed by atoms with E-state index in [4.69, 9.17) is 4.74 Å². The standard InChI is InChI=1S/C11H18O/c1-4-8-11(5-2)9-6-7-10-12-3/h6,9,11H,5,7,10H2,1-3H3/b9-6-. The van der Waals surface area contributed by atoms with Crippen molar-refractivity contribution in [3.63, 3.8) is 0 Å². The molecule has 1 unspecified atom stereocenters. The van der Waals surface area contributed by atoms with E-state index in [0.29, 0.717) is 5.92 Å². The van der Waals surface area contributed by atoms with Gasteiger partial charge in [-0.3, -0.25) is 0 Å². The van der Waals surface area contributed by atoms with Crippen molar-refractivity contribution < 1.29 is 4.74 Å². The van der Waals surface area contributed by atoms with Gasteiger partial charge in [0, 0.05) is 19.6 Å². The molecule has 0 radical (unpaired) electrons. The van der Waals surface area contributed by atoms with Gasteiger partial charge in [0.15, 0.2) is 0 Å². The van der Waals surface area contributed by atoms with Crippen molar-refractivity contribution in [2.75, 3.05) is 13.7 Å². The van der Waals surface area contributed by atoms with E-state index in [1.165, 1.54) is 0 Å². The molecular weight excluding hydrogens is 148 g/mol. The first-order valence-corrected chi connectivity index (χ1v) is 4.43. The monoisotopic (exact) mass is 166 g/mol. The number of allylic oxidation sites excluding steroid dienone is 1. The van der Waals surface area contributed by atoms with E-state index < -0.39 is 0 Å². The van der Waals surface area contributed by atoms with E-state index in [1.807, 2.05) is 6.92 Å². The van der Waals surface area contributed by atoms with Crippen LogP contribution in [0, 0.1) is 17.8 Å².